The Kier molecular flexibility index (Phi) is 2.38. The molecule has 1 rings (SSSR count). The summed E-state index contributed by atoms with van der Waals surface area (Å²) in [7, 11) is 0. The Labute approximate surface area is 67.9 Å². The quantitative estimate of drug-likeness (QED) is 0.574. The SMILES string of the molecule is O=C(O)C#Cc1ccncc1F. The van der Waals surface area contributed by atoms with Crippen LogP contribution < -0.4 is 0 Å². The molecule has 0 aliphatic heterocycles. The van der Waals surface area contributed by atoms with Crippen molar-refractivity contribution in [3.8, 4) is 11.8 Å². The number of hydrogen-bond donors (Lipinski definition) is 1. The minimum Gasteiger partial charge on any atom is -0.472 e. The number of aromatic nitrogens is 1. The summed E-state index contributed by atoms with van der Waals surface area (Å²) in [6, 6.07) is 1.31. The van der Waals surface area contributed by atoms with Crippen LogP contribution in [0.3, 0.4) is 0 Å². The molecule has 3 nitrogen and oxygen atoms in total. The highest BCUT2D eigenvalue weighted by Crippen LogP contribution is 2.00. The second-order valence-corrected chi connectivity index (χ2v) is 1.91. The number of carbonyl (C=O) groups is 1. The van der Waals surface area contributed by atoms with E-state index in [9.17, 15) is 9.18 Å². The van der Waals surface area contributed by atoms with Gasteiger partial charge in [-0.05, 0) is 6.07 Å². The van der Waals surface area contributed by atoms with Gasteiger partial charge in [-0.3, -0.25) is 4.98 Å². The summed E-state index contributed by atoms with van der Waals surface area (Å²) in [6.45, 7) is 0. The van der Waals surface area contributed by atoms with Gasteiger partial charge in [0.15, 0.2) is 5.82 Å². The summed E-state index contributed by atoms with van der Waals surface area (Å²) in [5.74, 6) is 2.04. The maximum atomic E-state index is 12.7. The van der Waals surface area contributed by atoms with E-state index in [0.717, 1.165) is 6.20 Å². The van der Waals surface area contributed by atoms with Crippen LogP contribution in [-0.2, 0) is 4.79 Å². The molecule has 0 saturated heterocycles. The molecule has 0 aromatic carbocycles. The number of rotatable bonds is 0. The zero-order valence-electron chi connectivity index (χ0n) is 5.91. The van der Waals surface area contributed by atoms with Gasteiger partial charge in [-0.2, -0.15) is 0 Å². The molecule has 1 N–H and O–H groups in total. The van der Waals surface area contributed by atoms with Crippen molar-refractivity contribution in [1.29, 1.82) is 0 Å². The number of carboxylic acids is 1. The molecule has 0 spiro atoms. The van der Waals surface area contributed by atoms with Gasteiger partial charge in [0.05, 0.1) is 11.8 Å². The van der Waals surface area contributed by atoms with Gasteiger partial charge in [0.2, 0.25) is 0 Å². The highest BCUT2D eigenvalue weighted by Gasteiger charge is 1.96. The second kappa shape index (κ2) is 3.49. The van der Waals surface area contributed by atoms with Gasteiger partial charge in [0, 0.05) is 12.1 Å². The molecule has 0 unspecified atom stereocenters. The lowest BCUT2D eigenvalue weighted by Crippen LogP contribution is -1.89. The number of aliphatic carboxylic acids is 1. The first kappa shape index (κ1) is 8.21. The third kappa shape index (κ3) is 2.06. The summed E-state index contributed by atoms with van der Waals surface area (Å²) < 4.78 is 12.7. The lowest BCUT2D eigenvalue weighted by molar-refractivity contribution is -0.130. The van der Waals surface area contributed by atoms with Crippen molar-refractivity contribution in [2.75, 3.05) is 0 Å². The first-order valence-corrected chi connectivity index (χ1v) is 3.04. The van der Waals surface area contributed by atoms with E-state index in [1.807, 2.05) is 0 Å². The Morgan fingerprint density at radius 3 is 3.00 bits per heavy atom. The van der Waals surface area contributed by atoms with Crippen molar-refractivity contribution in [2.45, 2.75) is 0 Å². The predicted molar refractivity (Wildman–Crippen MR) is 38.7 cm³/mol. The van der Waals surface area contributed by atoms with Gasteiger partial charge in [-0.25, -0.2) is 9.18 Å². The van der Waals surface area contributed by atoms with Crippen LogP contribution in [0.5, 0.6) is 0 Å². The molecule has 1 heterocycles. The van der Waals surface area contributed by atoms with Crippen molar-refractivity contribution in [3.05, 3.63) is 29.8 Å². The lowest BCUT2D eigenvalue weighted by atomic mass is 10.2. The van der Waals surface area contributed by atoms with Crippen LogP contribution in [0.1, 0.15) is 5.56 Å². The third-order valence-corrected chi connectivity index (χ3v) is 1.08. The molecule has 12 heavy (non-hydrogen) atoms. The Balaban J connectivity index is 2.99. The van der Waals surface area contributed by atoms with Crippen LogP contribution in [0.15, 0.2) is 18.5 Å². The zero-order chi connectivity index (χ0) is 8.97. The molecule has 0 aliphatic rings. The fourth-order valence-electron chi connectivity index (χ4n) is 0.597. The Morgan fingerprint density at radius 2 is 2.42 bits per heavy atom. The predicted octanol–water partition coefficient (Wildman–Crippen LogP) is 0.657. The minimum absolute atomic E-state index is 0.0346. The van der Waals surface area contributed by atoms with E-state index >= 15 is 0 Å². The fraction of sp³-hybridized carbons (Fsp3) is 0. The van der Waals surface area contributed by atoms with Gasteiger partial charge in [0.1, 0.15) is 0 Å². The van der Waals surface area contributed by atoms with Crippen LogP contribution in [0.25, 0.3) is 0 Å². The molecule has 4 heteroatoms. The van der Waals surface area contributed by atoms with Crippen molar-refractivity contribution < 1.29 is 14.3 Å². The van der Waals surface area contributed by atoms with Crippen molar-refractivity contribution in [1.82, 2.24) is 4.98 Å². The number of hydrogen-bond acceptors (Lipinski definition) is 2. The summed E-state index contributed by atoms with van der Waals surface area (Å²) in [6.07, 6.45) is 2.32. The summed E-state index contributed by atoms with van der Waals surface area (Å²) in [5, 5.41) is 8.15. The van der Waals surface area contributed by atoms with E-state index in [2.05, 4.69) is 10.9 Å². The number of halogens is 1. The molecular formula is C8H4FNO2. The van der Waals surface area contributed by atoms with Crippen LogP contribution in [0.4, 0.5) is 4.39 Å². The van der Waals surface area contributed by atoms with E-state index in [-0.39, 0.29) is 5.56 Å². The highest BCUT2D eigenvalue weighted by atomic mass is 19.1. The number of nitrogens with zero attached hydrogens (tertiary/aromatic N) is 1. The van der Waals surface area contributed by atoms with Gasteiger partial charge >= 0.3 is 5.97 Å². The average molecular weight is 165 g/mol. The standard InChI is InChI=1S/C8H4FNO2/c9-7-5-10-4-3-6(7)1-2-8(11)12/h3-5H,(H,11,12). The Hall–Kier alpha value is -1.89. The molecule has 60 valence electrons. The fourth-order valence-corrected chi connectivity index (χ4v) is 0.597. The topological polar surface area (TPSA) is 50.2 Å². The molecule has 1 aromatic heterocycles. The largest absolute Gasteiger partial charge is 0.472 e. The molecule has 0 saturated carbocycles. The minimum atomic E-state index is -1.29. The molecule has 0 fully saturated rings. The zero-order valence-corrected chi connectivity index (χ0v) is 5.91. The Morgan fingerprint density at radius 1 is 1.67 bits per heavy atom. The van der Waals surface area contributed by atoms with Gasteiger partial charge in [0.25, 0.3) is 0 Å². The molecule has 0 atom stereocenters. The van der Waals surface area contributed by atoms with Crippen LogP contribution in [0, 0.1) is 17.7 Å². The average Bonchev–Trinajstić information content (AvgIpc) is 2.03. The maximum Gasteiger partial charge on any atom is 0.382 e. The molecule has 0 bridgehead atoms. The van der Waals surface area contributed by atoms with Crippen molar-refractivity contribution in [2.24, 2.45) is 0 Å². The lowest BCUT2D eigenvalue weighted by Gasteiger charge is -1.89. The van der Waals surface area contributed by atoms with Gasteiger partial charge < -0.3 is 5.11 Å². The number of pyridine rings is 1. The van der Waals surface area contributed by atoms with Crippen LogP contribution in [-0.4, -0.2) is 16.1 Å². The number of carboxylic acid groups (broad SMARTS) is 1. The molecule has 0 amide bonds. The van der Waals surface area contributed by atoms with E-state index in [1.165, 1.54) is 12.3 Å². The van der Waals surface area contributed by atoms with E-state index < -0.39 is 11.8 Å². The monoisotopic (exact) mass is 165 g/mol. The second-order valence-electron chi connectivity index (χ2n) is 1.91. The normalized spacial score (nSPS) is 8.42. The molecule has 0 aliphatic carbocycles. The van der Waals surface area contributed by atoms with Gasteiger partial charge in [-0.15, -0.1) is 0 Å². The van der Waals surface area contributed by atoms with Crippen molar-refractivity contribution >= 4 is 5.97 Å². The van der Waals surface area contributed by atoms with Crippen LogP contribution >= 0.6 is 0 Å². The molecule has 1 aromatic rings. The molecule has 0 radical (unpaired) electrons. The van der Waals surface area contributed by atoms with E-state index in [1.54, 1.807) is 5.92 Å². The summed E-state index contributed by atoms with van der Waals surface area (Å²) >= 11 is 0. The van der Waals surface area contributed by atoms with E-state index in [4.69, 9.17) is 5.11 Å². The third-order valence-electron chi connectivity index (χ3n) is 1.08. The van der Waals surface area contributed by atoms with E-state index in [0.29, 0.717) is 0 Å². The highest BCUT2D eigenvalue weighted by molar-refractivity contribution is 5.87. The van der Waals surface area contributed by atoms with Crippen LogP contribution in [0.2, 0.25) is 0 Å². The molecular weight excluding hydrogens is 161 g/mol. The first-order chi connectivity index (χ1) is 5.70. The first-order valence-electron chi connectivity index (χ1n) is 3.04. The Bertz CT molecular complexity index is 365. The summed E-state index contributed by atoms with van der Waals surface area (Å²) in [5.41, 5.74) is 0.0346. The smallest absolute Gasteiger partial charge is 0.382 e. The van der Waals surface area contributed by atoms with Gasteiger partial charge in [-0.1, -0.05) is 5.92 Å². The van der Waals surface area contributed by atoms with Crippen molar-refractivity contribution in [3.63, 3.8) is 0 Å². The maximum absolute atomic E-state index is 12.7. The summed E-state index contributed by atoms with van der Waals surface area (Å²) in [4.78, 5) is 13.5.